The lowest BCUT2D eigenvalue weighted by Gasteiger charge is -2.24. The SMILES string of the molecule is CC1(c2ccc(C3CCCCC3)cc2)CNC(=O)O1. The molecule has 1 heterocycles. The lowest BCUT2D eigenvalue weighted by atomic mass is 9.83. The zero-order chi connectivity index (χ0) is 13.3. The van der Waals surface area contributed by atoms with E-state index >= 15 is 0 Å². The standard InChI is InChI=1S/C16H21NO2/c1-16(11-17-15(18)19-16)14-9-7-13(8-10-14)12-5-3-2-4-6-12/h7-10,12H,2-6,11H2,1H3,(H,17,18). The Kier molecular flexibility index (Phi) is 3.21. The summed E-state index contributed by atoms with van der Waals surface area (Å²) in [6.45, 7) is 2.51. The van der Waals surface area contributed by atoms with Gasteiger partial charge in [-0.1, -0.05) is 43.5 Å². The molecule has 3 heteroatoms. The molecule has 3 rings (SSSR count). The fourth-order valence-corrected chi connectivity index (χ4v) is 3.22. The van der Waals surface area contributed by atoms with Gasteiger partial charge in [-0.25, -0.2) is 4.79 Å². The first-order chi connectivity index (χ1) is 9.17. The second-order valence-corrected chi connectivity index (χ2v) is 5.93. The third-order valence-corrected chi connectivity index (χ3v) is 4.49. The summed E-state index contributed by atoms with van der Waals surface area (Å²) in [7, 11) is 0. The smallest absolute Gasteiger partial charge is 0.408 e. The van der Waals surface area contributed by atoms with Crippen molar-refractivity contribution in [3.8, 4) is 0 Å². The Morgan fingerprint density at radius 2 is 1.84 bits per heavy atom. The van der Waals surface area contributed by atoms with Crippen LogP contribution in [0.5, 0.6) is 0 Å². The van der Waals surface area contributed by atoms with Gasteiger partial charge in [-0.15, -0.1) is 0 Å². The molecule has 1 aromatic carbocycles. The highest BCUT2D eigenvalue weighted by Gasteiger charge is 2.37. The van der Waals surface area contributed by atoms with Gasteiger partial charge in [0.1, 0.15) is 0 Å². The van der Waals surface area contributed by atoms with Crippen molar-refractivity contribution >= 4 is 6.09 Å². The van der Waals surface area contributed by atoms with Crippen LogP contribution in [0.2, 0.25) is 0 Å². The van der Waals surface area contributed by atoms with E-state index in [1.54, 1.807) is 0 Å². The average molecular weight is 259 g/mol. The minimum Gasteiger partial charge on any atom is -0.436 e. The summed E-state index contributed by atoms with van der Waals surface area (Å²) in [6.07, 6.45) is 6.39. The number of amides is 1. The molecule has 1 atom stereocenters. The first kappa shape index (κ1) is 12.5. The summed E-state index contributed by atoms with van der Waals surface area (Å²) in [5.74, 6) is 0.722. The summed E-state index contributed by atoms with van der Waals surface area (Å²) >= 11 is 0. The summed E-state index contributed by atoms with van der Waals surface area (Å²) in [6, 6.07) is 8.65. The van der Waals surface area contributed by atoms with Crippen molar-refractivity contribution in [1.82, 2.24) is 5.32 Å². The predicted molar refractivity (Wildman–Crippen MR) is 74.1 cm³/mol. The van der Waals surface area contributed by atoms with Crippen LogP contribution in [0.4, 0.5) is 4.79 Å². The summed E-state index contributed by atoms with van der Waals surface area (Å²) in [4.78, 5) is 11.2. The van der Waals surface area contributed by atoms with Crippen molar-refractivity contribution in [2.45, 2.75) is 50.5 Å². The molecule has 3 nitrogen and oxygen atoms in total. The molecule has 1 saturated carbocycles. The Bertz CT molecular complexity index is 462. The van der Waals surface area contributed by atoms with Crippen LogP contribution in [-0.4, -0.2) is 12.6 Å². The second kappa shape index (κ2) is 4.87. The van der Waals surface area contributed by atoms with Crippen molar-refractivity contribution in [3.63, 3.8) is 0 Å². The number of ether oxygens (including phenoxy) is 1. The minimum absolute atomic E-state index is 0.321. The number of hydrogen-bond acceptors (Lipinski definition) is 2. The topological polar surface area (TPSA) is 38.3 Å². The molecule has 2 aliphatic rings. The Balaban J connectivity index is 1.77. The number of carbonyl (C=O) groups is 1. The van der Waals surface area contributed by atoms with Gasteiger partial charge in [0.15, 0.2) is 5.60 Å². The van der Waals surface area contributed by atoms with Crippen molar-refractivity contribution < 1.29 is 9.53 Å². The van der Waals surface area contributed by atoms with E-state index in [9.17, 15) is 4.79 Å². The first-order valence-corrected chi connectivity index (χ1v) is 7.25. The second-order valence-electron chi connectivity index (χ2n) is 5.93. The van der Waals surface area contributed by atoms with Crippen molar-refractivity contribution in [3.05, 3.63) is 35.4 Å². The highest BCUT2D eigenvalue weighted by molar-refractivity contribution is 5.70. The van der Waals surface area contributed by atoms with Gasteiger partial charge in [0, 0.05) is 0 Å². The van der Waals surface area contributed by atoms with E-state index in [0.717, 1.165) is 11.5 Å². The maximum absolute atomic E-state index is 11.2. The van der Waals surface area contributed by atoms with Crippen molar-refractivity contribution in [2.24, 2.45) is 0 Å². The summed E-state index contributed by atoms with van der Waals surface area (Å²) < 4.78 is 5.37. The van der Waals surface area contributed by atoms with Crippen molar-refractivity contribution in [2.75, 3.05) is 6.54 Å². The summed E-state index contributed by atoms with van der Waals surface area (Å²) in [5, 5.41) is 2.73. The highest BCUT2D eigenvalue weighted by atomic mass is 16.6. The van der Waals surface area contributed by atoms with E-state index in [2.05, 4.69) is 29.6 Å². The van der Waals surface area contributed by atoms with E-state index in [0.29, 0.717) is 6.54 Å². The molecule has 0 radical (unpaired) electrons. The van der Waals surface area contributed by atoms with E-state index in [1.807, 2.05) is 6.92 Å². The maximum atomic E-state index is 11.2. The number of nitrogens with one attached hydrogen (secondary N) is 1. The Labute approximate surface area is 114 Å². The Morgan fingerprint density at radius 1 is 1.16 bits per heavy atom. The lowest BCUT2D eigenvalue weighted by molar-refractivity contribution is 0.0704. The Hall–Kier alpha value is -1.51. The number of carbonyl (C=O) groups excluding carboxylic acids is 1. The van der Waals surface area contributed by atoms with Crippen LogP contribution in [0.15, 0.2) is 24.3 Å². The largest absolute Gasteiger partial charge is 0.436 e. The fraction of sp³-hybridized carbons (Fsp3) is 0.562. The number of rotatable bonds is 2. The zero-order valence-corrected chi connectivity index (χ0v) is 11.4. The van der Waals surface area contributed by atoms with Gasteiger partial charge in [-0.05, 0) is 36.8 Å². The molecule has 1 aliphatic heterocycles. The third-order valence-electron chi connectivity index (χ3n) is 4.49. The molecule has 0 bridgehead atoms. The van der Waals surface area contributed by atoms with Crippen LogP contribution in [-0.2, 0) is 10.3 Å². The number of alkyl carbamates (subject to hydrolysis) is 1. The van der Waals surface area contributed by atoms with Crippen molar-refractivity contribution in [1.29, 1.82) is 0 Å². The molecule has 1 N–H and O–H groups in total. The molecule has 1 saturated heterocycles. The third kappa shape index (κ3) is 2.46. The maximum Gasteiger partial charge on any atom is 0.408 e. The van der Waals surface area contributed by atoms with E-state index in [1.165, 1.54) is 37.7 Å². The number of cyclic esters (lactones) is 1. The van der Waals surface area contributed by atoms with Crippen LogP contribution in [0.25, 0.3) is 0 Å². The monoisotopic (exact) mass is 259 g/mol. The molecule has 1 amide bonds. The lowest BCUT2D eigenvalue weighted by Crippen LogP contribution is -2.26. The van der Waals surface area contributed by atoms with Crippen LogP contribution in [0.3, 0.4) is 0 Å². The van der Waals surface area contributed by atoms with Crippen LogP contribution >= 0.6 is 0 Å². The quantitative estimate of drug-likeness (QED) is 0.879. The Morgan fingerprint density at radius 3 is 2.42 bits per heavy atom. The van der Waals surface area contributed by atoms with Crippen LogP contribution in [0, 0.1) is 0 Å². The van der Waals surface area contributed by atoms with Gasteiger partial charge in [0.25, 0.3) is 0 Å². The van der Waals surface area contributed by atoms with Gasteiger partial charge in [0.2, 0.25) is 0 Å². The van der Waals surface area contributed by atoms with Crippen LogP contribution < -0.4 is 5.32 Å². The molecular weight excluding hydrogens is 238 g/mol. The fourth-order valence-electron chi connectivity index (χ4n) is 3.22. The number of benzene rings is 1. The molecule has 0 aromatic heterocycles. The first-order valence-electron chi connectivity index (χ1n) is 7.25. The zero-order valence-electron chi connectivity index (χ0n) is 11.4. The van der Waals surface area contributed by atoms with Gasteiger partial charge >= 0.3 is 6.09 Å². The minimum atomic E-state index is -0.512. The molecular formula is C16H21NO2. The van der Waals surface area contributed by atoms with E-state index in [-0.39, 0.29) is 6.09 Å². The van der Waals surface area contributed by atoms with Gasteiger partial charge in [0.05, 0.1) is 6.54 Å². The highest BCUT2D eigenvalue weighted by Crippen LogP contribution is 2.34. The molecule has 0 spiro atoms. The van der Waals surface area contributed by atoms with Gasteiger partial charge in [-0.3, -0.25) is 0 Å². The molecule has 1 unspecified atom stereocenters. The van der Waals surface area contributed by atoms with Gasteiger partial charge < -0.3 is 10.1 Å². The molecule has 1 aliphatic carbocycles. The van der Waals surface area contributed by atoms with E-state index < -0.39 is 5.60 Å². The van der Waals surface area contributed by atoms with Crippen LogP contribution in [0.1, 0.15) is 56.1 Å². The van der Waals surface area contributed by atoms with Gasteiger partial charge in [-0.2, -0.15) is 0 Å². The molecule has 102 valence electrons. The normalized spacial score (nSPS) is 27.9. The van der Waals surface area contributed by atoms with E-state index in [4.69, 9.17) is 4.74 Å². The molecule has 2 fully saturated rings. The molecule has 1 aromatic rings. The number of hydrogen-bond donors (Lipinski definition) is 1. The molecule has 19 heavy (non-hydrogen) atoms. The summed E-state index contributed by atoms with van der Waals surface area (Å²) in [5.41, 5.74) is 2.00. The average Bonchev–Trinajstić information content (AvgIpc) is 2.81. The predicted octanol–water partition coefficient (Wildman–Crippen LogP) is 3.69.